The van der Waals surface area contributed by atoms with Crippen molar-refractivity contribution in [1.29, 1.82) is 0 Å². The van der Waals surface area contributed by atoms with Gasteiger partial charge >= 0.3 is 0 Å². The first-order valence-corrected chi connectivity index (χ1v) is 10.1. The van der Waals surface area contributed by atoms with Crippen molar-refractivity contribution in [2.75, 3.05) is 19.6 Å². The molecule has 1 fully saturated rings. The molecule has 1 aliphatic rings. The highest BCUT2D eigenvalue weighted by atomic mass is 15.0. The summed E-state index contributed by atoms with van der Waals surface area (Å²) in [4.78, 5) is 4.18. The van der Waals surface area contributed by atoms with E-state index in [0.717, 1.165) is 25.6 Å². The molecular formula is C23H32N4. The van der Waals surface area contributed by atoms with Crippen LogP contribution in [0.1, 0.15) is 42.7 Å². The maximum absolute atomic E-state index is 5.44. The molecule has 144 valence electrons. The van der Waals surface area contributed by atoms with E-state index in [1.54, 1.807) is 0 Å². The van der Waals surface area contributed by atoms with Crippen molar-refractivity contribution >= 4 is 5.96 Å². The molecule has 3 rings (SSSR count). The standard InChI is InChI=1S/C23H32N4/c24-23(25)27-16-19-13-11-18(12-14-19)15-26-17-22(20-7-3-1-4-8-20)21-9-5-2-6-10-21/h1-10,18-19,22,26H,11-17H2,(H4,24,25,27). The smallest absolute Gasteiger partial charge is 0.185 e. The lowest BCUT2D eigenvalue weighted by atomic mass is 9.82. The fourth-order valence-corrected chi connectivity index (χ4v) is 4.08. The molecule has 0 bridgehead atoms. The summed E-state index contributed by atoms with van der Waals surface area (Å²) in [5, 5.41) is 3.75. The number of guanidine groups is 1. The van der Waals surface area contributed by atoms with Crippen LogP contribution >= 0.6 is 0 Å². The van der Waals surface area contributed by atoms with E-state index in [-0.39, 0.29) is 5.96 Å². The molecule has 0 aliphatic heterocycles. The van der Waals surface area contributed by atoms with E-state index in [1.807, 2.05) is 0 Å². The molecule has 2 aromatic rings. The topological polar surface area (TPSA) is 76.4 Å². The molecule has 5 N–H and O–H groups in total. The van der Waals surface area contributed by atoms with Crippen molar-refractivity contribution in [3.05, 3.63) is 71.8 Å². The highest BCUT2D eigenvalue weighted by Gasteiger charge is 2.21. The van der Waals surface area contributed by atoms with Crippen LogP contribution in [0.5, 0.6) is 0 Å². The molecule has 1 saturated carbocycles. The molecule has 27 heavy (non-hydrogen) atoms. The third-order valence-corrected chi connectivity index (χ3v) is 5.68. The fraction of sp³-hybridized carbons (Fsp3) is 0.435. The highest BCUT2D eigenvalue weighted by Crippen LogP contribution is 2.29. The minimum Gasteiger partial charge on any atom is -0.370 e. The Labute approximate surface area is 163 Å². The second-order valence-electron chi connectivity index (χ2n) is 7.68. The van der Waals surface area contributed by atoms with E-state index >= 15 is 0 Å². The van der Waals surface area contributed by atoms with Crippen molar-refractivity contribution in [2.45, 2.75) is 31.6 Å². The predicted octanol–water partition coefficient (Wildman–Crippen LogP) is 3.49. The number of aliphatic imine (C=N–C) groups is 1. The van der Waals surface area contributed by atoms with Crippen molar-refractivity contribution in [1.82, 2.24) is 5.32 Å². The normalized spacial score (nSPS) is 19.7. The summed E-state index contributed by atoms with van der Waals surface area (Å²) >= 11 is 0. The van der Waals surface area contributed by atoms with Crippen LogP contribution < -0.4 is 16.8 Å². The predicted molar refractivity (Wildman–Crippen MR) is 114 cm³/mol. The number of nitrogens with two attached hydrogens (primary N) is 2. The SMILES string of the molecule is NC(N)=NCC1CCC(CNCC(c2ccccc2)c2ccccc2)CC1. The van der Waals surface area contributed by atoms with Gasteiger partial charge in [-0.15, -0.1) is 0 Å². The van der Waals surface area contributed by atoms with Gasteiger partial charge < -0.3 is 16.8 Å². The lowest BCUT2D eigenvalue weighted by Gasteiger charge is -2.28. The minimum atomic E-state index is 0.214. The van der Waals surface area contributed by atoms with E-state index in [2.05, 4.69) is 71.0 Å². The third kappa shape index (κ3) is 6.10. The first-order chi connectivity index (χ1) is 13.2. The van der Waals surface area contributed by atoms with Crippen molar-refractivity contribution < 1.29 is 0 Å². The Balaban J connectivity index is 1.50. The Hall–Kier alpha value is -2.33. The molecule has 4 heteroatoms. The second kappa shape index (κ2) is 10.1. The zero-order chi connectivity index (χ0) is 18.9. The second-order valence-corrected chi connectivity index (χ2v) is 7.68. The molecule has 0 spiro atoms. The van der Waals surface area contributed by atoms with Crippen LogP contribution in [-0.2, 0) is 0 Å². The summed E-state index contributed by atoms with van der Waals surface area (Å²) < 4.78 is 0. The average Bonchev–Trinajstić information content (AvgIpc) is 2.72. The monoisotopic (exact) mass is 364 g/mol. The number of nitrogens with one attached hydrogen (secondary N) is 1. The van der Waals surface area contributed by atoms with Gasteiger partial charge in [0.25, 0.3) is 0 Å². The Morgan fingerprint density at radius 1 is 0.852 bits per heavy atom. The van der Waals surface area contributed by atoms with Crippen molar-refractivity contribution in [3.63, 3.8) is 0 Å². The highest BCUT2D eigenvalue weighted by molar-refractivity contribution is 5.75. The molecule has 0 amide bonds. The van der Waals surface area contributed by atoms with Gasteiger partial charge in [0.05, 0.1) is 0 Å². The van der Waals surface area contributed by atoms with Crippen LogP contribution in [0.4, 0.5) is 0 Å². The van der Waals surface area contributed by atoms with Crippen LogP contribution in [0.25, 0.3) is 0 Å². The third-order valence-electron chi connectivity index (χ3n) is 5.68. The molecule has 0 saturated heterocycles. The molecule has 1 aliphatic carbocycles. The Bertz CT molecular complexity index is 647. The van der Waals surface area contributed by atoms with E-state index in [1.165, 1.54) is 36.8 Å². The number of hydrogen-bond donors (Lipinski definition) is 3. The van der Waals surface area contributed by atoms with E-state index in [4.69, 9.17) is 11.5 Å². The first-order valence-electron chi connectivity index (χ1n) is 10.1. The Morgan fingerprint density at radius 3 is 1.89 bits per heavy atom. The van der Waals surface area contributed by atoms with Gasteiger partial charge in [0.15, 0.2) is 5.96 Å². The maximum Gasteiger partial charge on any atom is 0.185 e. The van der Waals surface area contributed by atoms with Gasteiger partial charge in [0, 0.05) is 19.0 Å². The van der Waals surface area contributed by atoms with E-state index in [0.29, 0.717) is 11.8 Å². The maximum atomic E-state index is 5.44. The van der Waals surface area contributed by atoms with Crippen molar-refractivity contribution in [2.24, 2.45) is 28.3 Å². The minimum absolute atomic E-state index is 0.214. The van der Waals surface area contributed by atoms with Crippen LogP contribution in [0, 0.1) is 11.8 Å². The summed E-state index contributed by atoms with van der Waals surface area (Å²) in [6.07, 6.45) is 4.98. The molecule has 0 heterocycles. The van der Waals surface area contributed by atoms with Crippen LogP contribution in [0.2, 0.25) is 0 Å². The summed E-state index contributed by atoms with van der Waals surface area (Å²) in [5.41, 5.74) is 13.6. The van der Waals surface area contributed by atoms with Crippen LogP contribution in [0.15, 0.2) is 65.7 Å². The van der Waals surface area contributed by atoms with Gasteiger partial charge in [-0.2, -0.15) is 0 Å². The average molecular weight is 365 g/mol. The zero-order valence-corrected chi connectivity index (χ0v) is 16.1. The van der Waals surface area contributed by atoms with Gasteiger partial charge in [-0.3, -0.25) is 4.99 Å². The van der Waals surface area contributed by atoms with Gasteiger partial charge in [-0.1, -0.05) is 60.7 Å². The van der Waals surface area contributed by atoms with Gasteiger partial charge in [-0.25, -0.2) is 0 Å². The number of rotatable bonds is 8. The largest absolute Gasteiger partial charge is 0.370 e. The van der Waals surface area contributed by atoms with Crippen LogP contribution in [0.3, 0.4) is 0 Å². The fourth-order valence-electron chi connectivity index (χ4n) is 4.08. The van der Waals surface area contributed by atoms with E-state index < -0.39 is 0 Å². The molecule has 0 radical (unpaired) electrons. The molecule has 0 unspecified atom stereocenters. The molecular weight excluding hydrogens is 332 g/mol. The summed E-state index contributed by atoms with van der Waals surface area (Å²) in [5.74, 6) is 2.01. The molecule has 0 atom stereocenters. The van der Waals surface area contributed by atoms with Gasteiger partial charge in [0.2, 0.25) is 0 Å². The lowest BCUT2D eigenvalue weighted by molar-refractivity contribution is 0.272. The van der Waals surface area contributed by atoms with Gasteiger partial charge in [0.1, 0.15) is 0 Å². The number of nitrogens with zero attached hydrogens (tertiary/aromatic N) is 1. The number of benzene rings is 2. The number of hydrogen-bond acceptors (Lipinski definition) is 2. The van der Waals surface area contributed by atoms with E-state index in [9.17, 15) is 0 Å². The zero-order valence-electron chi connectivity index (χ0n) is 16.1. The Kier molecular flexibility index (Phi) is 7.28. The quantitative estimate of drug-likeness (QED) is 0.496. The van der Waals surface area contributed by atoms with Gasteiger partial charge in [-0.05, 0) is 55.2 Å². The molecule has 2 aromatic carbocycles. The summed E-state index contributed by atoms with van der Waals surface area (Å²) in [6, 6.07) is 21.6. The summed E-state index contributed by atoms with van der Waals surface area (Å²) in [7, 11) is 0. The lowest BCUT2D eigenvalue weighted by Crippen LogP contribution is -2.31. The summed E-state index contributed by atoms with van der Waals surface area (Å²) in [6.45, 7) is 2.85. The first kappa shape index (κ1) is 19.4. The van der Waals surface area contributed by atoms with Crippen LogP contribution in [-0.4, -0.2) is 25.6 Å². The molecule has 0 aromatic heterocycles. The Morgan fingerprint density at radius 2 is 1.37 bits per heavy atom. The molecule has 4 nitrogen and oxygen atoms in total. The van der Waals surface area contributed by atoms with Crippen molar-refractivity contribution in [3.8, 4) is 0 Å².